The first-order valence-electron chi connectivity index (χ1n) is 11.4. The van der Waals surface area contributed by atoms with Gasteiger partial charge in [0, 0.05) is 38.4 Å². The molecule has 1 fully saturated rings. The minimum Gasteiger partial charge on any atom is -0.494 e. The van der Waals surface area contributed by atoms with Crippen LogP contribution in [0.3, 0.4) is 0 Å². The summed E-state index contributed by atoms with van der Waals surface area (Å²) in [6.07, 6.45) is -0.340. The number of piperazine rings is 1. The minimum atomic E-state index is -0.657. The molecule has 3 amide bonds. The van der Waals surface area contributed by atoms with Crippen molar-refractivity contribution in [2.75, 3.05) is 46.4 Å². The van der Waals surface area contributed by atoms with Crippen molar-refractivity contribution in [3.8, 4) is 5.75 Å². The van der Waals surface area contributed by atoms with Crippen LogP contribution < -0.4 is 15.4 Å². The highest BCUT2D eigenvalue weighted by molar-refractivity contribution is 5.95. The molecule has 1 aromatic carbocycles. The van der Waals surface area contributed by atoms with Gasteiger partial charge in [0.1, 0.15) is 11.4 Å². The van der Waals surface area contributed by atoms with Gasteiger partial charge < -0.3 is 29.7 Å². The maximum absolute atomic E-state index is 12.8. The molecule has 2 N–H and O–H groups in total. The molecule has 3 rings (SSSR count). The van der Waals surface area contributed by atoms with Gasteiger partial charge in [0.15, 0.2) is 0 Å². The van der Waals surface area contributed by atoms with Crippen LogP contribution in [-0.2, 0) is 14.3 Å². The number of nitrogens with zero attached hydrogens (tertiary/aromatic N) is 2. The number of nitrogens with one attached hydrogen (secondary N) is 2. The number of methoxy groups -OCH3 is 1. The second kappa shape index (κ2) is 10.8. The van der Waals surface area contributed by atoms with E-state index >= 15 is 0 Å². The monoisotopic (exact) mass is 474 g/mol. The summed E-state index contributed by atoms with van der Waals surface area (Å²) in [5.41, 5.74) is 1.02. The second-order valence-electron chi connectivity index (χ2n) is 9.16. The van der Waals surface area contributed by atoms with E-state index in [-0.39, 0.29) is 6.09 Å². The number of benzene rings is 1. The lowest BCUT2D eigenvalue weighted by Gasteiger charge is -2.37. The van der Waals surface area contributed by atoms with Gasteiger partial charge in [-0.25, -0.2) is 14.4 Å². The van der Waals surface area contributed by atoms with E-state index in [1.165, 1.54) is 7.11 Å². The molecule has 34 heavy (non-hydrogen) atoms. The second-order valence-corrected chi connectivity index (χ2v) is 9.16. The van der Waals surface area contributed by atoms with Crippen LogP contribution in [-0.4, -0.2) is 79.9 Å². The van der Waals surface area contributed by atoms with Crippen LogP contribution >= 0.6 is 0 Å². The lowest BCUT2D eigenvalue weighted by atomic mass is 9.95. The van der Waals surface area contributed by atoms with Gasteiger partial charge in [-0.15, -0.1) is 0 Å². The Morgan fingerprint density at radius 1 is 1.09 bits per heavy atom. The lowest BCUT2D eigenvalue weighted by Crippen LogP contribution is -2.53. The Hall–Kier alpha value is -3.27. The fraction of sp³-hybridized carbons (Fsp3) is 0.542. The molecular formula is C24H34N4O6. The maximum Gasteiger partial charge on any atom is 0.410 e. The van der Waals surface area contributed by atoms with Gasteiger partial charge in [-0.05, 0) is 45.4 Å². The smallest absolute Gasteiger partial charge is 0.410 e. The molecule has 186 valence electrons. The minimum absolute atomic E-state index is 0.340. The van der Waals surface area contributed by atoms with E-state index < -0.39 is 23.6 Å². The molecule has 0 aliphatic carbocycles. The van der Waals surface area contributed by atoms with Crippen LogP contribution in [0.5, 0.6) is 5.75 Å². The van der Waals surface area contributed by atoms with Gasteiger partial charge in [-0.3, -0.25) is 4.90 Å². The summed E-state index contributed by atoms with van der Waals surface area (Å²) in [4.78, 5) is 41.3. The van der Waals surface area contributed by atoms with Gasteiger partial charge in [-0.2, -0.15) is 0 Å². The Balaban J connectivity index is 1.77. The number of urea groups is 1. The van der Waals surface area contributed by atoms with Gasteiger partial charge in [-0.1, -0.05) is 12.1 Å². The van der Waals surface area contributed by atoms with Crippen molar-refractivity contribution in [2.24, 2.45) is 0 Å². The number of carbonyl (C=O) groups is 3. The zero-order valence-corrected chi connectivity index (χ0v) is 20.5. The molecule has 10 heteroatoms. The van der Waals surface area contributed by atoms with Crippen molar-refractivity contribution in [1.29, 1.82) is 0 Å². The average molecular weight is 475 g/mol. The fourth-order valence-corrected chi connectivity index (χ4v) is 3.91. The van der Waals surface area contributed by atoms with Crippen LogP contribution in [0, 0.1) is 0 Å². The molecule has 0 spiro atoms. The number of hydrogen-bond acceptors (Lipinski definition) is 7. The zero-order valence-electron chi connectivity index (χ0n) is 20.5. The summed E-state index contributed by atoms with van der Waals surface area (Å²) < 4.78 is 16.0. The largest absolute Gasteiger partial charge is 0.494 e. The van der Waals surface area contributed by atoms with E-state index in [1.807, 2.05) is 39.8 Å². The summed E-state index contributed by atoms with van der Waals surface area (Å²) in [5, 5.41) is 5.61. The molecule has 1 atom stereocenters. The molecule has 1 saturated heterocycles. The van der Waals surface area contributed by atoms with Crippen LogP contribution in [0.2, 0.25) is 0 Å². The molecule has 0 saturated carbocycles. The van der Waals surface area contributed by atoms with Crippen molar-refractivity contribution < 1.29 is 28.6 Å². The van der Waals surface area contributed by atoms with E-state index in [0.29, 0.717) is 56.4 Å². The summed E-state index contributed by atoms with van der Waals surface area (Å²) in [7, 11) is 1.32. The molecule has 1 aromatic rings. The Labute approximate surface area is 200 Å². The van der Waals surface area contributed by atoms with E-state index in [0.717, 1.165) is 5.56 Å². The fourth-order valence-electron chi connectivity index (χ4n) is 3.91. The first kappa shape index (κ1) is 25.4. The topological polar surface area (TPSA) is 109 Å². The van der Waals surface area contributed by atoms with Crippen molar-refractivity contribution in [3.05, 3.63) is 41.1 Å². The molecule has 0 unspecified atom stereocenters. The van der Waals surface area contributed by atoms with Crippen LogP contribution in [0.1, 0.15) is 39.3 Å². The Kier molecular flexibility index (Phi) is 8.03. The maximum atomic E-state index is 12.8. The molecular weight excluding hydrogens is 440 g/mol. The average Bonchev–Trinajstić information content (AvgIpc) is 2.78. The zero-order chi connectivity index (χ0) is 24.9. The van der Waals surface area contributed by atoms with Crippen molar-refractivity contribution in [2.45, 2.75) is 39.3 Å². The quantitative estimate of drug-likeness (QED) is 0.610. The summed E-state index contributed by atoms with van der Waals surface area (Å²) in [6, 6.07) is 6.20. The van der Waals surface area contributed by atoms with Crippen LogP contribution in [0.4, 0.5) is 9.59 Å². The van der Waals surface area contributed by atoms with E-state index in [1.54, 1.807) is 17.0 Å². The summed E-state index contributed by atoms with van der Waals surface area (Å²) >= 11 is 0. The molecule has 0 bridgehead atoms. The normalized spacial score (nSPS) is 19.3. The van der Waals surface area contributed by atoms with E-state index in [4.69, 9.17) is 14.2 Å². The lowest BCUT2D eigenvalue weighted by molar-refractivity contribution is -0.136. The molecule has 10 nitrogen and oxygen atoms in total. The van der Waals surface area contributed by atoms with Gasteiger partial charge in [0.05, 0.1) is 25.3 Å². The Morgan fingerprint density at radius 2 is 1.74 bits per heavy atom. The predicted octanol–water partition coefficient (Wildman–Crippen LogP) is 2.42. The van der Waals surface area contributed by atoms with Gasteiger partial charge in [0.2, 0.25) is 0 Å². The summed E-state index contributed by atoms with van der Waals surface area (Å²) in [6.45, 7) is 10.4. The Bertz CT molecular complexity index is 930. The number of amides is 3. The van der Waals surface area contributed by atoms with E-state index in [9.17, 15) is 14.4 Å². The van der Waals surface area contributed by atoms with Crippen molar-refractivity contribution in [3.63, 3.8) is 0 Å². The third-order valence-electron chi connectivity index (χ3n) is 5.49. The number of rotatable bonds is 6. The van der Waals surface area contributed by atoms with Crippen molar-refractivity contribution >= 4 is 18.1 Å². The Morgan fingerprint density at radius 3 is 2.29 bits per heavy atom. The molecule has 0 aromatic heterocycles. The number of esters is 1. The van der Waals surface area contributed by atoms with Crippen molar-refractivity contribution in [1.82, 2.24) is 20.4 Å². The number of ether oxygens (including phenoxy) is 3. The standard InChI is InChI=1S/C24H34N4O6/c1-6-33-17-9-7-16(8-10-17)20-19(21(29)32-5)18(25-22(30)26-20)15-27-11-13-28(14-12-27)23(31)34-24(2,3)4/h7-10,20H,6,11-15H2,1-5H3,(H2,25,26,30)/t20-/m0/s1. The van der Waals surface area contributed by atoms with E-state index in [2.05, 4.69) is 15.5 Å². The van der Waals surface area contributed by atoms with Crippen LogP contribution in [0.25, 0.3) is 0 Å². The van der Waals surface area contributed by atoms with Crippen LogP contribution in [0.15, 0.2) is 35.5 Å². The number of hydrogen-bond donors (Lipinski definition) is 2. The highest BCUT2D eigenvalue weighted by atomic mass is 16.6. The van der Waals surface area contributed by atoms with Gasteiger partial charge in [0.25, 0.3) is 0 Å². The molecule has 2 aliphatic rings. The highest BCUT2D eigenvalue weighted by Gasteiger charge is 2.35. The molecule has 2 aliphatic heterocycles. The third-order valence-corrected chi connectivity index (χ3v) is 5.49. The first-order chi connectivity index (χ1) is 16.1. The first-order valence-corrected chi connectivity index (χ1v) is 11.4. The molecule has 2 heterocycles. The number of carbonyl (C=O) groups excluding carboxylic acids is 3. The highest BCUT2D eigenvalue weighted by Crippen LogP contribution is 2.29. The molecule has 0 radical (unpaired) electrons. The third kappa shape index (κ3) is 6.40. The SMILES string of the molecule is CCOc1ccc([C@@H]2NC(=O)NC(CN3CCN(C(=O)OC(C)(C)C)CC3)=C2C(=O)OC)cc1. The van der Waals surface area contributed by atoms with Gasteiger partial charge >= 0.3 is 18.1 Å². The summed E-state index contributed by atoms with van der Waals surface area (Å²) in [5.74, 6) is 0.187. The predicted molar refractivity (Wildman–Crippen MR) is 125 cm³/mol.